The summed E-state index contributed by atoms with van der Waals surface area (Å²) in [6.07, 6.45) is 3.52. The Kier molecular flexibility index (Phi) is 6.02. The Labute approximate surface area is 137 Å². The summed E-state index contributed by atoms with van der Waals surface area (Å²) in [5, 5.41) is 0. The molecule has 1 aliphatic rings. The lowest BCUT2D eigenvalue weighted by Gasteiger charge is -2.37. The Balaban J connectivity index is 2.12. The summed E-state index contributed by atoms with van der Waals surface area (Å²) < 4.78 is 11.3. The zero-order chi connectivity index (χ0) is 16.7. The van der Waals surface area contributed by atoms with Crippen LogP contribution in [0.5, 0.6) is 0 Å². The molecule has 0 spiro atoms. The topological polar surface area (TPSA) is 55.8 Å². The number of amides is 1. The van der Waals surface area contributed by atoms with Crippen molar-refractivity contribution >= 4 is 12.1 Å². The van der Waals surface area contributed by atoms with Crippen LogP contribution in [-0.2, 0) is 9.47 Å². The van der Waals surface area contributed by atoms with Gasteiger partial charge in [0.2, 0.25) is 0 Å². The first-order valence-corrected chi connectivity index (χ1v) is 8.36. The van der Waals surface area contributed by atoms with Gasteiger partial charge in [-0.15, -0.1) is 0 Å². The van der Waals surface area contributed by atoms with Gasteiger partial charge in [-0.05, 0) is 38.8 Å². The molecule has 2 rings (SSSR count). The van der Waals surface area contributed by atoms with Crippen molar-refractivity contribution in [1.82, 2.24) is 4.90 Å². The zero-order valence-corrected chi connectivity index (χ0v) is 13.9. The summed E-state index contributed by atoms with van der Waals surface area (Å²) in [7, 11) is 0. The monoisotopic (exact) mass is 319 g/mol. The average molecular weight is 319 g/mol. The molecule has 1 amide bonds. The molecule has 23 heavy (non-hydrogen) atoms. The molecule has 5 nitrogen and oxygen atoms in total. The highest BCUT2D eigenvalue weighted by Crippen LogP contribution is 2.34. The van der Waals surface area contributed by atoms with Crippen molar-refractivity contribution in [3.05, 3.63) is 35.9 Å². The Morgan fingerprint density at radius 3 is 2.17 bits per heavy atom. The van der Waals surface area contributed by atoms with E-state index in [0.717, 1.165) is 19.3 Å². The van der Waals surface area contributed by atoms with E-state index >= 15 is 0 Å². The molecular weight excluding hydrogens is 294 g/mol. The standard InChI is InChI=1S/C18H25NO4/c1-3-19(4-2)17(21)23-18(13-9-6-10-14-18)22-16(20)15-11-7-5-8-12-15/h5,7-8,11-12H,3-4,6,9-10,13-14H2,1-2H3. The fourth-order valence-corrected chi connectivity index (χ4v) is 2.82. The third-order valence-corrected chi connectivity index (χ3v) is 4.20. The van der Waals surface area contributed by atoms with Gasteiger partial charge in [0.25, 0.3) is 5.79 Å². The summed E-state index contributed by atoms with van der Waals surface area (Å²) >= 11 is 0. The van der Waals surface area contributed by atoms with Crippen molar-refractivity contribution in [2.24, 2.45) is 0 Å². The third kappa shape index (κ3) is 4.47. The molecule has 0 heterocycles. The number of carbonyl (C=O) groups excluding carboxylic acids is 2. The number of nitrogens with zero attached hydrogens (tertiary/aromatic N) is 1. The molecule has 1 aromatic rings. The first-order chi connectivity index (χ1) is 11.1. The van der Waals surface area contributed by atoms with Gasteiger partial charge in [-0.3, -0.25) is 0 Å². The number of ether oxygens (including phenoxy) is 2. The maximum atomic E-state index is 12.4. The van der Waals surface area contributed by atoms with Gasteiger partial charge in [-0.2, -0.15) is 0 Å². The van der Waals surface area contributed by atoms with Crippen molar-refractivity contribution < 1.29 is 19.1 Å². The first kappa shape index (κ1) is 17.3. The summed E-state index contributed by atoms with van der Waals surface area (Å²) in [6.45, 7) is 4.93. The van der Waals surface area contributed by atoms with Gasteiger partial charge in [0.1, 0.15) is 0 Å². The highest BCUT2D eigenvalue weighted by atomic mass is 16.7. The fraction of sp³-hybridized carbons (Fsp3) is 0.556. The van der Waals surface area contributed by atoms with Gasteiger partial charge >= 0.3 is 12.1 Å². The Morgan fingerprint density at radius 2 is 1.61 bits per heavy atom. The van der Waals surface area contributed by atoms with Crippen LogP contribution in [-0.4, -0.2) is 35.8 Å². The van der Waals surface area contributed by atoms with E-state index in [2.05, 4.69) is 0 Å². The second kappa shape index (κ2) is 7.99. The number of carbonyl (C=O) groups is 2. The van der Waals surface area contributed by atoms with E-state index in [0.29, 0.717) is 31.5 Å². The van der Waals surface area contributed by atoms with E-state index in [4.69, 9.17) is 9.47 Å². The lowest BCUT2D eigenvalue weighted by Crippen LogP contribution is -2.45. The molecular formula is C18H25NO4. The van der Waals surface area contributed by atoms with Gasteiger partial charge in [0.05, 0.1) is 5.56 Å². The summed E-state index contributed by atoms with van der Waals surface area (Å²) in [5.41, 5.74) is 0.469. The van der Waals surface area contributed by atoms with E-state index in [1.54, 1.807) is 29.2 Å². The van der Waals surface area contributed by atoms with Crippen molar-refractivity contribution in [3.8, 4) is 0 Å². The Bertz CT molecular complexity index is 519. The second-order valence-electron chi connectivity index (χ2n) is 5.77. The van der Waals surface area contributed by atoms with Crippen molar-refractivity contribution in [3.63, 3.8) is 0 Å². The van der Waals surface area contributed by atoms with Crippen molar-refractivity contribution in [2.45, 2.75) is 51.7 Å². The molecule has 5 heteroatoms. The van der Waals surface area contributed by atoms with Gasteiger partial charge in [-0.25, -0.2) is 9.59 Å². The molecule has 0 atom stereocenters. The van der Waals surface area contributed by atoms with Crippen LogP contribution < -0.4 is 0 Å². The molecule has 1 fully saturated rings. The van der Waals surface area contributed by atoms with Crippen LogP contribution in [0.15, 0.2) is 30.3 Å². The van der Waals surface area contributed by atoms with E-state index in [1.807, 2.05) is 19.9 Å². The van der Waals surface area contributed by atoms with Crippen LogP contribution in [0.1, 0.15) is 56.3 Å². The maximum absolute atomic E-state index is 12.4. The highest BCUT2D eigenvalue weighted by Gasteiger charge is 2.41. The fourth-order valence-electron chi connectivity index (χ4n) is 2.82. The number of esters is 1. The van der Waals surface area contributed by atoms with Gasteiger partial charge in [0, 0.05) is 25.9 Å². The first-order valence-electron chi connectivity index (χ1n) is 8.36. The largest absolute Gasteiger partial charge is 0.419 e. The normalized spacial score (nSPS) is 16.4. The van der Waals surface area contributed by atoms with Crippen molar-refractivity contribution in [1.29, 1.82) is 0 Å². The van der Waals surface area contributed by atoms with Crippen LogP contribution in [0.25, 0.3) is 0 Å². The predicted molar refractivity (Wildman–Crippen MR) is 87.1 cm³/mol. The minimum Gasteiger partial charge on any atom is -0.419 e. The Hall–Kier alpha value is -2.04. The smallest absolute Gasteiger partial charge is 0.413 e. The quantitative estimate of drug-likeness (QED) is 0.608. The molecule has 1 aliphatic carbocycles. The molecule has 0 N–H and O–H groups in total. The summed E-state index contributed by atoms with van der Waals surface area (Å²) in [5.74, 6) is -1.58. The van der Waals surface area contributed by atoms with Crippen LogP contribution in [0.2, 0.25) is 0 Å². The third-order valence-electron chi connectivity index (χ3n) is 4.20. The van der Waals surface area contributed by atoms with E-state index < -0.39 is 17.8 Å². The van der Waals surface area contributed by atoms with Gasteiger partial charge < -0.3 is 14.4 Å². The predicted octanol–water partition coefficient (Wildman–Crippen LogP) is 3.98. The van der Waals surface area contributed by atoms with Crippen LogP contribution in [0, 0.1) is 0 Å². The summed E-state index contributed by atoms with van der Waals surface area (Å²) in [6, 6.07) is 8.81. The lowest BCUT2D eigenvalue weighted by molar-refractivity contribution is -0.188. The minimum atomic E-state index is -1.13. The number of hydrogen-bond acceptors (Lipinski definition) is 4. The SMILES string of the molecule is CCN(CC)C(=O)OC1(OC(=O)c2ccccc2)CCCCC1. The van der Waals surface area contributed by atoms with Gasteiger partial charge in [0.15, 0.2) is 0 Å². The molecule has 0 aliphatic heterocycles. The highest BCUT2D eigenvalue weighted by molar-refractivity contribution is 5.89. The molecule has 0 radical (unpaired) electrons. The molecule has 126 valence electrons. The molecule has 1 aromatic carbocycles. The van der Waals surface area contributed by atoms with Crippen LogP contribution in [0.4, 0.5) is 4.79 Å². The molecule has 0 aromatic heterocycles. The minimum absolute atomic E-state index is 0.419. The van der Waals surface area contributed by atoms with E-state index in [-0.39, 0.29) is 0 Å². The summed E-state index contributed by atoms with van der Waals surface area (Å²) in [4.78, 5) is 26.3. The molecule has 0 unspecified atom stereocenters. The molecule has 0 bridgehead atoms. The zero-order valence-electron chi connectivity index (χ0n) is 13.9. The number of rotatable bonds is 5. The molecule has 0 saturated heterocycles. The number of benzene rings is 1. The van der Waals surface area contributed by atoms with Gasteiger partial charge in [-0.1, -0.05) is 24.6 Å². The Morgan fingerprint density at radius 1 is 1.00 bits per heavy atom. The van der Waals surface area contributed by atoms with Crippen LogP contribution >= 0.6 is 0 Å². The number of hydrogen-bond donors (Lipinski definition) is 0. The van der Waals surface area contributed by atoms with Crippen LogP contribution in [0.3, 0.4) is 0 Å². The lowest BCUT2D eigenvalue weighted by atomic mass is 9.94. The molecule has 1 saturated carbocycles. The second-order valence-corrected chi connectivity index (χ2v) is 5.77. The van der Waals surface area contributed by atoms with Crippen molar-refractivity contribution in [2.75, 3.05) is 13.1 Å². The average Bonchev–Trinajstić information content (AvgIpc) is 2.57. The van der Waals surface area contributed by atoms with E-state index in [1.165, 1.54) is 0 Å². The van der Waals surface area contributed by atoms with E-state index in [9.17, 15) is 9.59 Å². The maximum Gasteiger partial charge on any atom is 0.413 e.